The number of hydrogen-bond donors (Lipinski definition) is 0. The van der Waals surface area contributed by atoms with E-state index in [9.17, 15) is 13.2 Å². The predicted molar refractivity (Wildman–Crippen MR) is 99.8 cm³/mol. The molecule has 2 bridgehead atoms. The number of piperidine rings is 1. The van der Waals surface area contributed by atoms with E-state index in [0.717, 1.165) is 31.2 Å². The molecule has 1 aromatic heterocycles. The van der Waals surface area contributed by atoms with Crippen molar-refractivity contribution < 1.29 is 13.2 Å². The Morgan fingerprint density at radius 3 is 2.19 bits per heavy atom. The van der Waals surface area contributed by atoms with Gasteiger partial charge < -0.3 is 4.90 Å². The quantitative estimate of drug-likeness (QED) is 0.782. The number of benzene rings is 1. The van der Waals surface area contributed by atoms with Crippen molar-refractivity contribution in [1.29, 1.82) is 0 Å². The summed E-state index contributed by atoms with van der Waals surface area (Å²) >= 11 is 0. The zero-order valence-corrected chi connectivity index (χ0v) is 16.2. The maximum absolute atomic E-state index is 12.8. The molecule has 2 aliphatic rings. The first-order valence-electron chi connectivity index (χ1n) is 9.38. The molecule has 7 nitrogen and oxygen atoms in total. The molecule has 2 atom stereocenters. The monoisotopic (exact) mass is 388 g/mol. The van der Waals surface area contributed by atoms with E-state index in [1.165, 1.54) is 6.26 Å². The van der Waals surface area contributed by atoms with E-state index in [4.69, 9.17) is 0 Å². The van der Waals surface area contributed by atoms with Gasteiger partial charge in [-0.25, -0.2) is 8.42 Å². The van der Waals surface area contributed by atoms with Gasteiger partial charge in [-0.3, -0.25) is 4.79 Å². The number of fused-ring (bicyclic) bond motifs is 2. The van der Waals surface area contributed by atoms with E-state index in [1.807, 2.05) is 0 Å². The number of amides is 1. The summed E-state index contributed by atoms with van der Waals surface area (Å²) in [6, 6.07) is 7.66. The molecule has 2 fully saturated rings. The Hall–Kier alpha value is -2.22. The Morgan fingerprint density at radius 2 is 1.63 bits per heavy atom. The molecule has 144 valence electrons. The fraction of sp³-hybridized carbons (Fsp3) is 0.526. The first-order chi connectivity index (χ1) is 12.9. The van der Waals surface area contributed by atoms with Crippen molar-refractivity contribution in [2.24, 2.45) is 0 Å². The van der Waals surface area contributed by atoms with Gasteiger partial charge in [0.25, 0.3) is 0 Å². The Morgan fingerprint density at radius 1 is 1.04 bits per heavy atom. The Bertz CT molecular complexity index is 895. The van der Waals surface area contributed by atoms with Gasteiger partial charge in [-0.15, -0.1) is 0 Å². The summed E-state index contributed by atoms with van der Waals surface area (Å²) in [6.07, 6.45) is 9.62. The summed E-state index contributed by atoms with van der Waals surface area (Å²) in [4.78, 5) is 17.0. The van der Waals surface area contributed by atoms with E-state index in [0.29, 0.717) is 17.7 Å². The lowest BCUT2D eigenvalue weighted by Crippen LogP contribution is -2.47. The smallest absolute Gasteiger partial charge is 0.223 e. The molecule has 27 heavy (non-hydrogen) atoms. The maximum atomic E-state index is 12.8. The van der Waals surface area contributed by atoms with Crippen LogP contribution in [0.1, 0.15) is 43.7 Å². The molecule has 0 spiro atoms. The molecule has 2 aromatic rings. The molecule has 3 heterocycles. The third-order valence-corrected chi connectivity index (χ3v) is 6.87. The van der Waals surface area contributed by atoms with E-state index in [-0.39, 0.29) is 24.0 Å². The van der Waals surface area contributed by atoms with Crippen molar-refractivity contribution >= 4 is 15.7 Å². The minimum absolute atomic E-state index is 0.196. The highest BCUT2D eigenvalue weighted by molar-refractivity contribution is 7.90. The predicted octanol–water partition coefficient (Wildman–Crippen LogP) is 2.01. The highest BCUT2D eigenvalue weighted by Gasteiger charge is 2.43. The second kappa shape index (κ2) is 7.07. The molecule has 0 aliphatic carbocycles. The van der Waals surface area contributed by atoms with E-state index < -0.39 is 9.84 Å². The minimum Gasteiger partial charge on any atom is -0.337 e. The molecule has 8 heteroatoms. The first-order valence-corrected chi connectivity index (χ1v) is 11.3. The van der Waals surface area contributed by atoms with E-state index in [1.54, 1.807) is 41.5 Å². The molecule has 1 amide bonds. The number of sulfone groups is 1. The number of rotatable bonds is 5. The average molecular weight is 388 g/mol. The highest BCUT2D eigenvalue weighted by atomic mass is 32.2. The van der Waals surface area contributed by atoms with Crippen molar-refractivity contribution in [2.75, 3.05) is 6.26 Å². The Kier molecular flexibility index (Phi) is 4.75. The van der Waals surface area contributed by atoms with Gasteiger partial charge in [0.05, 0.1) is 23.3 Å². The summed E-state index contributed by atoms with van der Waals surface area (Å²) in [5.41, 5.74) is 0.985. The highest BCUT2D eigenvalue weighted by Crippen LogP contribution is 2.40. The van der Waals surface area contributed by atoms with Crippen LogP contribution >= 0.6 is 0 Å². The second-order valence-electron chi connectivity index (χ2n) is 7.58. The van der Waals surface area contributed by atoms with Crippen LogP contribution < -0.4 is 0 Å². The molecule has 1 aromatic carbocycles. The topological polar surface area (TPSA) is 85.2 Å². The molecule has 4 rings (SSSR count). The van der Waals surface area contributed by atoms with Gasteiger partial charge in [0, 0.05) is 24.8 Å². The zero-order chi connectivity index (χ0) is 19.0. The van der Waals surface area contributed by atoms with Gasteiger partial charge in [-0.2, -0.15) is 15.0 Å². The second-order valence-corrected chi connectivity index (χ2v) is 9.59. The molecule has 0 unspecified atom stereocenters. The van der Waals surface area contributed by atoms with E-state index in [2.05, 4.69) is 15.1 Å². The fourth-order valence-corrected chi connectivity index (χ4v) is 5.07. The third kappa shape index (κ3) is 3.76. The first kappa shape index (κ1) is 18.2. The van der Waals surface area contributed by atoms with Crippen molar-refractivity contribution in [3.8, 4) is 0 Å². The molecule has 2 saturated heterocycles. The van der Waals surface area contributed by atoms with Crippen LogP contribution in [0, 0.1) is 0 Å². The van der Waals surface area contributed by atoms with Crippen molar-refractivity contribution in [2.45, 2.75) is 61.5 Å². The molecular weight excluding hydrogens is 364 g/mol. The number of carbonyl (C=O) groups is 1. The van der Waals surface area contributed by atoms with Crippen LogP contribution in [0.5, 0.6) is 0 Å². The van der Waals surface area contributed by atoms with Gasteiger partial charge in [-0.1, -0.05) is 12.1 Å². The molecule has 2 aliphatic heterocycles. The van der Waals surface area contributed by atoms with Gasteiger partial charge in [0.2, 0.25) is 5.91 Å². The lowest BCUT2D eigenvalue weighted by atomic mass is 9.97. The third-order valence-electron chi connectivity index (χ3n) is 5.74. The minimum atomic E-state index is -3.19. The summed E-state index contributed by atoms with van der Waals surface area (Å²) in [7, 11) is -3.19. The van der Waals surface area contributed by atoms with Crippen LogP contribution in [0.4, 0.5) is 0 Å². The number of carbonyl (C=O) groups excluding carboxylic acids is 1. The lowest BCUT2D eigenvalue weighted by Gasteiger charge is -2.38. The number of aryl methyl sites for hydroxylation is 1. The normalized spacial score (nSPS) is 24.9. The molecular formula is C19H24N4O3S. The van der Waals surface area contributed by atoms with Gasteiger partial charge in [-0.05, 0) is 49.8 Å². The standard InChI is InChI=1S/C19H24N4O3S/c1-27(25,26)18-7-2-14(3-8-18)4-9-19(24)22-15-5-6-16(22)13-17(12-15)23-20-10-11-21-23/h2-3,7-8,10-11,15-17H,4-6,9,12-13H2,1H3/t15-,16-/m0/s1. The van der Waals surface area contributed by atoms with Crippen LogP contribution in [0.3, 0.4) is 0 Å². The van der Waals surface area contributed by atoms with Gasteiger partial charge in [0.15, 0.2) is 9.84 Å². The van der Waals surface area contributed by atoms with Gasteiger partial charge in [0.1, 0.15) is 0 Å². The van der Waals surface area contributed by atoms with Gasteiger partial charge >= 0.3 is 0 Å². The Labute approximate surface area is 159 Å². The number of aromatic nitrogens is 3. The maximum Gasteiger partial charge on any atom is 0.223 e. The van der Waals surface area contributed by atoms with Crippen LogP contribution in [0.15, 0.2) is 41.6 Å². The van der Waals surface area contributed by atoms with Crippen LogP contribution in [0.2, 0.25) is 0 Å². The summed E-state index contributed by atoms with van der Waals surface area (Å²) < 4.78 is 23.1. The molecule has 0 saturated carbocycles. The lowest BCUT2D eigenvalue weighted by molar-refractivity contribution is -0.136. The SMILES string of the molecule is CS(=O)(=O)c1ccc(CCC(=O)N2[C@H]3CC[C@H]2CC(n2nccn2)C3)cc1. The van der Waals surface area contributed by atoms with Crippen LogP contribution in [-0.2, 0) is 21.1 Å². The summed E-state index contributed by atoms with van der Waals surface area (Å²) in [5, 5.41) is 8.53. The molecule has 0 radical (unpaired) electrons. The van der Waals surface area contributed by atoms with Crippen molar-refractivity contribution in [3.63, 3.8) is 0 Å². The fourth-order valence-electron chi connectivity index (χ4n) is 4.44. The largest absolute Gasteiger partial charge is 0.337 e. The van der Waals surface area contributed by atoms with E-state index >= 15 is 0 Å². The molecule has 0 N–H and O–H groups in total. The summed E-state index contributed by atoms with van der Waals surface area (Å²) in [6.45, 7) is 0. The summed E-state index contributed by atoms with van der Waals surface area (Å²) in [5.74, 6) is 0.196. The average Bonchev–Trinajstić information content (AvgIpc) is 3.26. The Balaban J connectivity index is 1.37. The van der Waals surface area contributed by atoms with Crippen LogP contribution in [0.25, 0.3) is 0 Å². The van der Waals surface area contributed by atoms with Crippen molar-refractivity contribution in [1.82, 2.24) is 19.9 Å². The van der Waals surface area contributed by atoms with Crippen LogP contribution in [-0.4, -0.2) is 52.6 Å². The van der Waals surface area contributed by atoms with Crippen molar-refractivity contribution in [3.05, 3.63) is 42.2 Å². The number of nitrogens with zero attached hydrogens (tertiary/aromatic N) is 4. The zero-order valence-electron chi connectivity index (χ0n) is 15.4. The number of hydrogen-bond acceptors (Lipinski definition) is 5.